The molecule has 0 bridgehead atoms. The Hall–Kier alpha value is -3.13. The van der Waals surface area contributed by atoms with Crippen LogP contribution in [0.15, 0.2) is 96.6 Å². The van der Waals surface area contributed by atoms with Crippen molar-refractivity contribution >= 4 is 12.0 Å². The third kappa shape index (κ3) is 5.93. The number of unbranched alkanes of at least 4 members (excludes halogenated alkanes) is 1. The summed E-state index contributed by atoms with van der Waals surface area (Å²) in [5.74, 6) is 0.204. The molecule has 0 unspecified atom stereocenters. The molecule has 0 radical (unpaired) electrons. The van der Waals surface area contributed by atoms with Crippen molar-refractivity contribution in [3.8, 4) is 0 Å². The molecule has 0 N–H and O–H groups in total. The number of carbonyl (C=O) groups is 1. The average Bonchev–Trinajstić information content (AvgIpc) is 2.79. The fourth-order valence-corrected chi connectivity index (χ4v) is 3.77. The minimum Gasteiger partial charge on any atom is -0.328 e. The van der Waals surface area contributed by atoms with E-state index in [-0.39, 0.29) is 11.9 Å². The predicted molar refractivity (Wildman–Crippen MR) is 126 cm³/mol. The van der Waals surface area contributed by atoms with E-state index in [1.807, 2.05) is 54.6 Å². The third-order valence-corrected chi connectivity index (χ3v) is 5.24. The Bertz CT molecular complexity index is 893. The molecule has 0 saturated carbocycles. The number of benzene rings is 3. The Morgan fingerprint density at radius 1 is 0.833 bits per heavy atom. The maximum Gasteiger partial charge on any atom is 0.223 e. The van der Waals surface area contributed by atoms with Crippen LogP contribution in [0, 0.1) is 0 Å². The molecule has 154 valence electrons. The van der Waals surface area contributed by atoms with Crippen molar-refractivity contribution in [1.82, 2.24) is 4.90 Å². The van der Waals surface area contributed by atoms with E-state index in [1.165, 1.54) is 5.57 Å². The summed E-state index contributed by atoms with van der Waals surface area (Å²) >= 11 is 0. The SMILES string of the molecule is CCCCC(=O)N(C/C(C)=C/c1ccccc1)C(c1ccccc1)c1ccccc1. The van der Waals surface area contributed by atoms with Gasteiger partial charge in [-0.05, 0) is 30.0 Å². The first-order valence-electron chi connectivity index (χ1n) is 10.8. The van der Waals surface area contributed by atoms with E-state index < -0.39 is 0 Å². The lowest BCUT2D eigenvalue weighted by molar-refractivity contribution is -0.132. The lowest BCUT2D eigenvalue weighted by Gasteiger charge is -2.33. The summed E-state index contributed by atoms with van der Waals surface area (Å²) in [5.41, 5.74) is 4.61. The third-order valence-electron chi connectivity index (χ3n) is 5.24. The van der Waals surface area contributed by atoms with Crippen LogP contribution in [0.3, 0.4) is 0 Å². The van der Waals surface area contributed by atoms with Crippen molar-refractivity contribution in [2.75, 3.05) is 6.54 Å². The average molecular weight is 398 g/mol. The molecule has 0 fully saturated rings. The van der Waals surface area contributed by atoms with Crippen molar-refractivity contribution in [3.05, 3.63) is 113 Å². The van der Waals surface area contributed by atoms with Gasteiger partial charge in [0.05, 0.1) is 6.04 Å². The first kappa shape index (κ1) is 21.6. The monoisotopic (exact) mass is 397 g/mol. The molecule has 0 aliphatic rings. The summed E-state index contributed by atoms with van der Waals surface area (Å²) < 4.78 is 0. The van der Waals surface area contributed by atoms with Gasteiger partial charge in [0.1, 0.15) is 0 Å². The van der Waals surface area contributed by atoms with Crippen molar-refractivity contribution in [2.45, 2.75) is 39.2 Å². The molecule has 30 heavy (non-hydrogen) atoms. The van der Waals surface area contributed by atoms with E-state index in [0.717, 1.165) is 29.5 Å². The van der Waals surface area contributed by atoms with Gasteiger partial charge in [-0.2, -0.15) is 0 Å². The van der Waals surface area contributed by atoms with Crippen molar-refractivity contribution < 1.29 is 4.79 Å². The first-order valence-corrected chi connectivity index (χ1v) is 10.8. The number of hydrogen-bond donors (Lipinski definition) is 0. The van der Waals surface area contributed by atoms with Crippen LogP contribution in [0.5, 0.6) is 0 Å². The minimum absolute atomic E-state index is 0.101. The van der Waals surface area contributed by atoms with Crippen LogP contribution in [-0.4, -0.2) is 17.4 Å². The lowest BCUT2D eigenvalue weighted by Crippen LogP contribution is -2.36. The van der Waals surface area contributed by atoms with Gasteiger partial charge < -0.3 is 4.90 Å². The van der Waals surface area contributed by atoms with Crippen LogP contribution in [0.2, 0.25) is 0 Å². The second-order valence-corrected chi connectivity index (χ2v) is 7.75. The van der Waals surface area contributed by atoms with Gasteiger partial charge in [-0.3, -0.25) is 4.79 Å². The van der Waals surface area contributed by atoms with Gasteiger partial charge in [-0.1, -0.05) is 116 Å². The van der Waals surface area contributed by atoms with Crippen LogP contribution in [0.4, 0.5) is 0 Å². The molecule has 3 aromatic rings. The molecule has 1 amide bonds. The van der Waals surface area contributed by atoms with Crippen LogP contribution < -0.4 is 0 Å². The molecule has 0 atom stereocenters. The van der Waals surface area contributed by atoms with Crippen LogP contribution in [-0.2, 0) is 4.79 Å². The van der Waals surface area contributed by atoms with E-state index in [1.54, 1.807) is 0 Å². The van der Waals surface area contributed by atoms with Gasteiger partial charge >= 0.3 is 0 Å². The number of rotatable bonds is 9. The van der Waals surface area contributed by atoms with Crippen LogP contribution >= 0.6 is 0 Å². The highest BCUT2D eigenvalue weighted by Gasteiger charge is 2.26. The van der Waals surface area contributed by atoms with Crippen molar-refractivity contribution in [1.29, 1.82) is 0 Å². The zero-order chi connectivity index (χ0) is 21.2. The first-order chi connectivity index (χ1) is 14.7. The molecule has 0 heterocycles. The van der Waals surface area contributed by atoms with E-state index in [2.05, 4.69) is 61.2 Å². The molecule has 0 aromatic heterocycles. The van der Waals surface area contributed by atoms with E-state index in [4.69, 9.17) is 0 Å². The summed E-state index contributed by atoms with van der Waals surface area (Å²) in [6.07, 6.45) is 4.67. The van der Waals surface area contributed by atoms with Crippen LogP contribution in [0.1, 0.15) is 55.8 Å². The molecule has 0 aliphatic carbocycles. The topological polar surface area (TPSA) is 20.3 Å². The molecule has 0 aliphatic heterocycles. The van der Waals surface area contributed by atoms with Gasteiger partial charge in [0.25, 0.3) is 0 Å². The fraction of sp³-hybridized carbons (Fsp3) is 0.250. The fourth-order valence-electron chi connectivity index (χ4n) is 3.77. The van der Waals surface area contributed by atoms with Gasteiger partial charge in [0.2, 0.25) is 5.91 Å². The minimum atomic E-state index is -0.101. The summed E-state index contributed by atoms with van der Waals surface area (Å²) in [6.45, 7) is 4.84. The number of carbonyl (C=O) groups excluding carboxylic acids is 1. The highest BCUT2D eigenvalue weighted by atomic mass is 16.2. The van der Waals surface area contributed by atoms with Crippen LogP contribution in [0.25, 0.3) is 6.08 Å². The predicted octanol–water partition coefficient (Wildman–Crippen LogP) is 6.90. The van der Waals surface area contributed by atoms with E-state index in [9.17, 15) is 4.79 Å². The maximum atomic E-state index is 13.4. The highest BCUT2D eigenvalue weighted by Crippen LogP contribution is 2.30. The Morgan fingerprint density at radius 3 is 1.83 bits per heavy atom. The smallest absolute Gasteiger partial charge is 0.223 e. The second kappa shape index (κ2) is 11.2. The number of hydrogen-bond acceptors (Lipinski definition) is 1. The highest BCUT2D eigenvalue weighted by molar-refractivity contribution is 5.78. The van der Waals surface area contributed by atoms with Gasteiger partial charge in [0.15, 0.2) is 0 Å². The van der Waals surface area contributed by atoms with Crippen molar-refractivity contribution in [2.24, 2.45) is 0 Å². The standard InChI is InChI=1S/C28H31NO/c1-3-4-20-27(30)29(22-23(2)21-24-14-8-5-9-15-24)28(25-16-10-6-11-17-25)26-18-12-7-13-19-26/h5-19,21,28H,3-4,20,22H2,1-2H3/b23-21+. The Morgan fingerprint density at radius 2 is 1.33 bits per heavy atom. The second-order valence-electron chi connectivity index (χ2n) is 7.75. The molecule has 3 aromatic carbocycles. The molecule has 0 spiro atoms. The lowest BCUT2D eigenvalue weighted by atomic mass is 9.95. The van der Waals surface area contributed by atoms with Crippen molar-refractivity contribution in [3.63, 3.8) is 0 Å². The van der Waals surface area contributed by atoms with E-state index >= 15 is 0 Å². The Labute approximate surface area is 180 Å². The molecule has 2 heteroatoms. The summed E-state index contributed by atoms with van der Waals surface area (Å²) in [5, 5.41) is 0. The number of nitrogens with zero attached hydrogens (tertiary/aromatic N) is 1. The molecule has 2 nitrogen and oxygen atoms in total. The molecule has 0 saturated heterocycles. The number of amides is 1. The van der Waals surface area contributed by atoms with E-state index in [0.29, 0.717) is 13.0 Å². The van der Waals surface area contributed by atoms with Gasteiger partial charge in [0, 0.05) is 13.0 Å². The zero-order valence-electron chi connectivity index (χ0n) is 18.0. The summed E-state index contributed by atoms with van der Waals surface area (Å²) in [4.78, 5) is 15.4. The largest absolute Gasteiger partial charge is 0.328 e. The quantitative estimate of drug-likeness (QED) is 0.384. The zero-order valence-corrected chi connectivity index (χ0v) is 18.0. The maximum absolute atomic E-state index is 13.4. The summed E-state index contributed by atoms with van der Waals surface area (Å²) in [7, 11) is 0. The Balaban J connectivity index is 1.99. The molecular formula is C28H31NO. The molecular weight excluding hydrogens is 366 g/mol. The molecule has 3 rings (SSSR count). The summed E-state index contributed by atoms with van der Waals surface area (Å²) in [6, 6.07) is 30.9. The normalized spacial score (nSPS) is 11.5. The van der Waals surface area contributed by atoms with Gasteiger partial charge in [-0.25, -0.2) is 0 Å². The van der Waals surface area contributed by atoms with Gasteiger partial charge in [-0.15, -0.1) is 0 Å². The Kier molecular flexibility index (Phi) is 8.02.